The van der Waals surface area contributed by atoms with E-state index < -0.39 is 32.5 Å². The summed E-state index contributed by atoms with van der Waals surface area (Å²) in [6, 6.07) is 0. The topological polar surface area (TPSA) is 108 Å². The van der Waals surface area contributed by atoms with Crippen molar-refractivity contribution < 1.29 is 42.1 Å². The second-order valence-electron chi connectivity index (χ2n) is 18.2. The van der Waals surface area contributed by atoms with Crippen molar-refractivity contribution in [2.24, 2.45) is 0 Å². The van der Waals surface area contributed by atoms with Gasteiger partial charge in [-0.3, -0.25) is 18.6 Å². The van der Waals surface area contributed by atoms with Crippen LogP contribution < -0.4 is 0 Å². The van der Waals surface area contributed by atoms with Crippen molar-refractivity contribution in [2.45, 2.75) is 187 Å². The number of allylic oxidation sites excluding steroid dienone is 20. The first kappa shape index (κ1) is 64.4. The largest absolute Gasteiger partial charge is 0.472 e. The van der Waals surface area contributed by atoms with Gasteiger partial charge in [-0.25, -0.2) is 4.57 Å². The number of quaternary nitrogens is 1. The van der Waals surface area contributed by atoms with Crippen LogP contribution in [0.4, 0.5) is 0 Å². The minimum absolute atomic E-state index is 0.0144. The molecule has 0 bridgehead atoms. The van der Waals surface area contributed by atoms with Gasteiger partial charge in [-0.05, 0) is 109 Å². The van der Waals surface area contributed by atoms with Crippen LogP contribution in [0.2, 0.25) is 0 Å². The molecular formula is C58H97NO8P+. The van der Waals surface area contributed by atoms with E-state index in [2.05, 4.69) is 135 Å². The number of nitrogens with zero attached hydrogens (tertiary/aromatic N) is 1. The summed E-state index contributed by atoms with van der Waals surface area (Å²) < 4.78 is 34.4. The lowest BCUT2D eigenvalue weighted by molar-refractivity contribution is -0.870. The molecule has 0 aliphatic rings. The summed E-state index contributed by atoms with van der Waals surface area (Å²) in [5, 5.41) is 0. The average Bonchev–Trinajstić information content (AvgIpc) is 3.30. The van der Waals surface area contributed by atoms with Crippen LogP contribution in [0.25, 0.3) is 0 Å². The van der Waals surface area contributed by atoms with Gasteiger partial charge < -0.3 is 18.9 Å². The van der Waals surface area contributed by atoms with Crippen LogP contribution in [-0.2, 0) is 32.7 Å². The zero-order chi connectivity index (χ0) is 49.9. The average molecular weight is 967 g/mol. The molecule has 0 saturated carbocycles. The Bertz CT molecular complexity index is 1560. The summed E-state index contributed by atoms with van der Waals surface area (Å²) in [5.74, 6) is -0.869. The van der Waals surface area contributed by atoms with Gasteiger partial charge in [0.1, 0.15) is 19.8 Å². The number of hydrogen-bond acceptors (Lipinski definition) is 7. The summed E-state index contributed by atoms with van der Waals surface area (Å²) in [6.07, 6.45) is 68.3. The molecule has 0 radical (unpaired) electrons. The number of carbonyl (C=O) groups is 2. The maximum Gasteiger partial charge on any atom is 0.472 e. The SMILES string of the molecule is CC/C=C\C/C=C\C/C=C\C/C=C\C/C=C\C/C=C\C/C=C\C/C=C\CCCCC(=O)OC(COC(=O)CCCCCCCCC/C=C\C/C=C\CCCCC)COP(=O)(O)OCC[N+](C)(C)C. The van der Waals surface area contributed by atoms with Gasteiger partial charge >= 0.3 is 19.8 Å². The number of ether oxygens (including phenoxy) is 2. The molecule has 0 aromatic heterocycles. The molecule has 0 aliphatic carbocycles. The lowest BCUT2D eigenvalue weighted by atomic mass is 10.1. The Morgan fingerprint density at radius 1 is 0.471 bits per heavy atom. The predicted octanol–water partition coefficient (Wildman–Crippen LogP) is 16.0. The smallest absolute Gasteiger partial charge is 0.462 e. The lowest BCUT2D eigenvalue weighted by Crippen LogP contribution is -2.37. The highest BCUT2D eigenvalue weighted by atomic mass is 31.2. The Morgan fingerprint density at radius 2 is 0.838 bits per heavy atom. The van der Waals surface area contributed by atoms with E-state index in [9.17, 15) is 19.0 Å². The van der Waals surface area contributed by atoms with Crippen molar-refractivity contribution in [3.8, 4) is 0 Å². The van der Waals surface area contributed by atoms with Crippen molar-refractivity contribution in [2.75, 3.05) is 47.5 Å². The van der Waals surface area contributed by atoms with Gasteiger partial charge in [0.25, 0.3) is 0 Å². The highest BCUT2D eigenvalue weighted by molar-refractivity contribution is 7.47. The van der Waals surface area contributed by atoms with E-state index in [1.165, 1.54) is 44.9 Å². The number of hydrogen-bond donors (Lipinski definition) is 1. The molecule has 0 amide bonds. The van der Waals surface area contributed by atoms with E-state index in [0.29, 0.717) is 17.4 Å². The molecule has 0 spiro atoms. The Labute approximate surface area is 416 Å². The van der Waals surface area contributed by atoms with E-state index in [-0.39, 0.29) is 26.1 Å². The molecule has 0 aromatic rings. The quantitative estimate of drug-likeness (QED) is 0.0211. The van der Waals surface area contributed by atoms with Gasteiger partial charge in [0, 0.05) is 12.8 Å². The first-order valence-electron chi connectivity index (χ1n) is 26.3. The van der Waals surface area contributed by atoms with Crippen LogP contribution in [0.15, 0.2) is 122 Å². The molecule has 0 saturated heterocycles. The third-order valence-corrected chi connectivity index (χ3v) is 11.5. The van der Waals surface area contributed by atoms with E-state index in [1.54, 1.807) is 0 Å². The zero-order valence-electron chi connectivity index (χ0n) is 43.5. The Balaban J connectivity index is 4.38. The van der Waals surface area contributed by atoms with Crippen LogP contribution in [0, 0.1) is 0 Å². The summed E-state index contributed by atoms with van der Waals surface area (Å²) in [6.45, 7) is 4.20. The van der Waals surface area contributed by atoms with E-state index in [0.717, 1.165) is 103 Å². The molecule has 2 atom stereocenters. The highest BCUT2D eigenvalue weighted by Gasteiger charge is 2.27. The van der Waals surface area contributed by atoms with Crippen LogP contribution in [0.1, 0.15) is 181 Å². The molecule has 9 nitrogen and oxygen atoms in total. The number of unbranched alkanes of at least 4 members (excludes halogenated alkanes) is 12. The van der Waals surface area contributed by atoms with Gasteiger partial charge in [0.15, 0.2) is 6.10 Å². The number of phosphoric acid groups is 1. The molecule has 68 heavy (non-hydrogen) atoms. The van der Waals surface area contributed by atoms with Crippen molar-refractivity contribution >= 4 is 19.8 Å². The maximum absolute atomic E-state index is 12.8. The predicted molar refractivity (Wildman–Crippen MR) is 288 cm³/mol. The molecule has 2 unspecified atom stereocenters. The summed E-state index contributed by atoms with van der Waals surface area (Å²) >= 11 is 0. The first-order valence-corrected chi connectivity index (χ1v) is 27.8. The van der Waals surface area contributed by atoms with Gasteiger partial charge in [-0.2, -0.15) is 0 Å². The lowest BCUT2D eigenvalue weighted by Gasteiger charge is -2.24. The standard InChI is InChI=1S/C58H96NO8P/c1-6-8-10-12-14-16-18-20-22-24-25-26-27-28-29-30-31-32-33-35-37-39-41-43-45-47-49-51-58(61)67-56(55-66-68(62,63)65-53-52-59(3,4)5)54-64-57(60)50-48-46-44-42-40-38-36-34-23-21-19-17-15-13-11-9-7-2/h8,10,14-17,20-23,25-26,28-29,31-32,35,37,41,43,56H,6-7,9,11-13,18-19,24,27,30,33-34,36,38-40,42,44-55H2,1-5H3/p+1/b10-8-,16-14-,17-15-,22-20-,23-21-,26-25-,29-28-,32-31-,37-35-,43-41-. The minimum atomic E-state index is -4.41. The van der Waals surface area contributed by atoms with Gasteiger partial charge in [-0.15, -0.1) is 0 Å². The van der Waals surface area contributed by atoms with Gasteiger partial charge in [0.2, 0.25) is 0 Å². The van der Waals surface area contributed by atoms with E-state index >= 15 is 0 Å². The normalized spacial score (nSPS) is 14.4. The van der Waals surface area contributed by atoms with Crippen molar-refractivity contribution in [1.82, 2.24) is 0 Å². The monoisotopic (exact) mass is 967 g/mol. The number of esters is 2. The molecule has 386 valence electrons. The summed E-state index contributed by atoms with van der Waals surface area (Å²) in [4.78, 5) is 35.6. The Kier molecular flexibility index (Phi) is 45.9. The molecule has 1 N–H and O–H groups in total. The maximum atomic E-state index is 12.8. The third kappa shape index (κ3) is 51.8. The minimum Gasteiger partial charge on any atom is -0.462 e. The van der Waals surface area contributed by atoms with Crippen LogP contribution in [0.3, 0.4) is 0 Å². The summed E-state index contributed by atoms with van der Waals surface area (Å²) in [5.41, 5.74) is 0. The highest BCUT2D eigenvalue weighted by Crippen LogP contribution is 2.43. The molecule has 0 heterocycles. The fraction of sp³-hybridized carbons (Fsp3) is 0.621. The third-order valence-electron chi connectivity index (χ3n) is 10.5. The fourth-order valence-electron chi connectivity index (χ4n) is 6.41. The van der Waals surface area contributed by atoms with E-state index in [4.69, 9.17) is 18.5 Å². The fourth-order valence-corrected chi connectivity index (χ4v) is 7.15. The summed E-state index contributed by atoms with van der Waals surface area (Å²) in [7, 11) is 1.42. The Morgan fingerprint density at radius 3 is 1.28 bits per heavy atom. The van der Waals surface area contributed by atoms with Crippen molar-refractivity contribution in [3.05, 3.63) is 122 Å². The number of rotatable bonds is 46. The molecule has 10 heteroatoms. The number of likely N-dealkylation sites (N-methyl/N-ethyl adjacent to an activating group) is 1. The van der Waals surface area contributed by atoms with Gasteiger partial charge in [-0.1, -0.05) is 180 Å². The first-order chi connectivity index (χ1) is 33.0. The van der Waals surface area contributed by atoms with Crippen LogP contribution in [-0.4, -0.2) is 74.9 Å². The van der Waals surface area contributed by atoms with Crippen LogP contribution >= 0.6 is 7.82 Å². The van der Waals surface area contributed by atoms with Crippen molar-refractivity contribution in [1.29, 1.82) is 0 Å². The van der Waals surface area contributed by atoms with E-state index in [1.807, 2.05) is 21.1 Å². The van der Waals surface area contributed by atoms with Crippen molar-refractivity contribution in [3.63, 3.8) is 0 Å². The van der Waals surface area contributed by atoms with Crippen LogP contribution in [0.5, 0.6) is 0 Å². The zero-order valence-corrected chi connectivity index (χ0v) is 44.4. The molecule has 0 aromatic carbocycles. The molecular weight excluding hydrogens is 870 g/mol. The second kappa shape index (κ2) is 48.4. The second-order valence-corrected chi connectivity index (χ2v) is 19.6. The number of phosphoric ester groups is 1. The molecule has 0 aliphatic heterocycles. The Hall–Kier alpha value is -3.59. The number of carbonyl (C=O) groups excluding carboxylic acids is 2. The molecule has 0 fully saturated rings. The molecule has 0 rings (SSSR count). The van der Waals surface area contributed by atoms with Gasteiger partial charge in [0.05, 0.1) is 27.7 Å².